The van der Waals surface area contributed by atoms with Crippen LogP contribution >= 0.6 is 0 Å². The third-order valence-corrected chi connectivity index (χ3v) is 15.7. The molecule has 12 rings (SSSR count). The number of ether oxygens (including phenoxy) is 5. The van der Waals surface area contributed by atoms with Crippen LogP contribution in [0.4, 0.5) is 17.6 Å². The highest BCUT2D eigenvalue weighted by molar-refractivity contribution is 7.84. The normalized spacial score (nSPS) is 18.1. The average molecular weight is 1130 g/mol. The molecule has 0 bridgehead atoms. The molecule has 0 amide bonds. The second kappa shape index (κ2) is 23.7. The number of nitrogens with zero attached hydrogens (tertiary/aromatic N) is 4. The standard InChI is InChI=1S/C24H26FNO4.C20H19NO5.C16H14F3N3O2S/c1-15(2)26-21-6-4-3-5-20(21)24(16-7-9-17(25)10-8-16)22(26)12-11-18(27)13-19(28)14-23(29)30;1-21-7-13-11(2-3-15-20(13)26-9-23-15)18-14(22)4-10-5-16-17(25-8-24-16)6-12(10)19(18)21;1-10-13(20-7-6-14(10)24-9-16(17,18)19)8-25(23)15-21-11-4-2-3-5-12(11)22-15/h3-12,15,18-19,27-28H,13-14H2,1-2H3,(H,29,30);2-3,5-6,14,18-19,22H,4,7-9H2,1H3;2-7H,8-9H2,1H3,(H,21,22)/b12-11+;;/t18-,19-;14-,18-,19+;/m10./s1. The van der Waals surface area contributed by atoms with E-state index in [4.69, 9.17) is 28.8 Å². The zero-order chi connectivity index (χ0) is 57.3. The first kappa shape index (κ1) is 56.5. The lowest BCUT2D eigenvalue weighted by Gasteiger charge is -2.46. The number of aliphatic hydroxyl groups excluding tert-OH is 3. The molecule has 0 saturated carbocycles. The molecule has 6 heterocycles. The van der Waals surface area contributed by atoms with Gasteiger partial charge >= 0.3 is 12.1 Å². The summed E-state index contributed by atoms with van der Waals surface area (Å²) in [7, 11) is 0.586. The van der Waals surface area contributed by atoms with E-state index in [0.717, 1.165) is 79.5 Å². The number of imidazole rings is 1. The summed E-state index contributed by atoms with van der Waals surface area (Å²) < 4.78 is 92.2. The number of carboxylic acids is 1. The van der Waals surface area contributed by atoms with Crippen LogP contribution in [0.1, 0.15) is 83.9 Å². The van der Waals surface area contributed by atoms with E-state index in [-0.39, 0.29) is 55.3 Å². The van der Waals surface area contributed by atoms with Gasteiger partial charge in [-0.25, -0.2) is 9.37 Å². The van der Waals surface area contributed by atoms with Crippen molar-refractivity contribution in [3.8, 4) is 39.9 Å². The Morgan fingerprint density at radius 3 is 2.38 bits per heavy atom. The van der Waals surface area contributed by atoms with Gasteiger partial charge in [0.05, 0.1) is 58.0 Å². The molecule has 81 heavy (non-hydrogen) atoms. The summed E-state index contributed by atoms with van der Waals surface area (Å²) >= 11 is 0. The van der Waals surface area contributed by atoms with Gasteiger partial charge in [0.25, 0.3) is 0 Å². The van der Waals surface area contributed by atoms with Crippen LogP contribution in [0.5, 0.6) is 28.7 Å². The van der Waals surface area contributed by atoms with Gasteiger partial charge in [0.2, 0.25) is 13.6 Å². The highest BCUT2D eigenvalue weighted by Crippen LogP contribution is 2.54. The van der Waals surface area contributed by atoms with Crippen molar-refractivity contribution in [2.45, 2.75) is 100.0 Å². The maximum atomic E-state index is 13.5. The van der Waals surface area contributed by atoms with Crippen LogP contribution in [-0.2, 0) is 34.3 Å². The molecule has 5 N–H and O–H groups in total. The second-order valence-electron chi connectivity index (χ2n) is 20.4. The lowest BCUT2D eigenvalue weighted by molar-refractivity contribution is -0.153. The highest BCUT2D eigenvalue weighted by atomic mass is 32.2. The summed E-state index contributed by atoms with van der Waals surface area (Å²) in [5, 5.41) is 41.2. The Labute approximate surface area is 465 Å². The summed E-state index contributed by atoms with van der Waals surface area (Å²) in [6.45, 7) is 5.60. The Balaban J connectivity index is 0.000000137. The molecule has 0 radical (unpaired) electrons. The summed E-state index contributed by atoms with van der Waals surface area (Å²) in [5.41, 5.74) is 10.6. The largest absolute Gasteiger partial charge is 0.484 e. The number of fused-ring (bicyclic) bond motifs is 10. The number of benzene rings is 5. The van der Waals surface area contributed by atoms with Gasteiger partial charge in [-0.3, -0.25) is 18.9 Å². The van der Waals surface area contributed by atoms with Crippen molar-refractivity contribution in [2.75, 3.05) is 27.2 Å². The van der Waals surface area contributed by atoms with E-state index in [0.29, 0.717) is 28.4 Å². The number of halogens is 4. The van der Waals surface area contributed by atoms with Crippen molar-refractivity contribution in [1.29, 1.82) is 0 Å². The molecule has 1 unspecified atom stereocenters. The molecule has 0 spiro atoms. The van der Waals surface area contributed by atoms with Gasteiger partial charge in [-0.15, -0.1) is 0 Å². The average Bonchev–Trinajstić information content (AvgIpc) is 4.40. The zero-order valence-electron chi connectivity index (χ0n) is 44.5. The van der Waals surface area contributed by atoms with Crippen LogP contribution in [0.15, 0.2) is 121 Å². The smallest absolute Gasteiger partial charge is 0.422 e. The number of aromatic amines is 1. The van der Waals surface area contributed by atoms with Crippen molar-refractivity contribution in [2.24, 2.45) is 0 Å². The van der Waals surface area contributed by atoms with Crippen LogP contribution in [0.3, 0.4) is 0 Å². The number of aliphatic carboxylic acids is 1. The van der Waals surface area contributed by atoms with Gasteiger partial charge in [0.15, 0.2) is 34.8 Å². The molecular formula is C60H59F4N5O11S. The number of carbonyl (C=O) groups is 1. The van der Waals surface area contributed by atoms with E-state index >= 15 is 0 Å². The van der Waals surface area contributed by atoms with E-state index in [1.807, 2.05) is 54.6 Å². The summed E-state index contributed by atoms with van der Waals surface area (Å²) in [4.78, 5) is 24.4. The Bertz CT molecular complexity index is 3630. The quantitative estimate of drug-likeness (QED) is 0.0681. The Morgan fingerprint density at radius 1 is 0.926 bits per heavy atom. The van der Waals surface area contributed by atoms with E-state index in [1.165, 1.54) is 30.0 Å². The minimum absolute atomic E-state index is 0.00822. The van der Waals surface area contributed by atoms with Gasteiger partial charge in [0, 0.05) is 70.5 Å². The third kappa shape index (κ3) is 12.3. The number of rotatable bonds is 13. The molecule has 4 aliphatic rings. The first-order valence-electron chi connectivity index (χ1n) is 26.2. The van der Waals surface area contributed by atoms with Gasteiger partial charge in [-0.1, -0.05) is 54.6 Å². The Hall–Kier alpha value is -7.82. The lowest BCUT2D eigenvalue weighted by Crippen LogP contribution is -2.43. The number of para-hydroxylation sites is 3. The number of carboxylic acid groups (broad SMARTS) is 1. The van der Waals surface area contributed by atoms with Gasteiger partial charge < -0.3 is 53.7 Å². The van der Waals surface area contributed by atoms with Crippen LogP contribution in [0.2, 0.25) is 0 Å². The number of H-pyrrole nitrogens is 1. The molecule has 6 atom stereocenters. The molecule has 3 aliphatic heterocycles. The zero-order valence-corrected chi connectivity index (χ0v) is 45.3. The maximum absolute atomic E-state index is 13.5. The molecule has 3 aromatic heterocycles. The number of aliphatic hydroxyl groups is 3. The fourth-order valence-electron chi connectivity index (χ4n) is 11.0. The van der Waals surface area contributed by atoms with E-state index in [9.17, 15) is 41.9 Å². The number of alkyl halides is 3. The van der Waals surface area contributed by atoms with Crippen molar-refractivity contribution in [3.05, 3.63) is 160 Å². The van der Waals surface area contributed by atoms with Crippen molar-refractivity contribution in [1.82, 2.24) is 24.4 Å². The molecule has 1 aliphatic carbocycles. The van der Waals surface area contributed by atoms with Crippen LogP contribution in [0, 0.1) is 12.7 Å². The minimum atomic E-state index is -4.42. The topological polar surface area (TPSA) is 211 Å². The predicted octanol–water partition coefficient (Wildman–Crippen LogP) is 10.5. The highest BCUT2D eigenvalue weighted by Gasteiger charge is 2.45. The number of likely N-dealkylation sites (N-methyl/N-ethyl adjacent to an activating group) is 1. The van der Waals surface area contributed by atoms with Crippen LogP contribution in [0.25, 0.3) is 39.1 Å². The summed E-state index contributed by atoms with van der Waals surface area (Å²) in [6.07, 6.45) is -2.22. The monoisotopic (exact) mass is 1130 g/mol. The maximum Gasteiger partial charge on any atom is 0.422 e. The van der Waals surface area contributed by atoms with Gasteiger partial charge in [0.1, 0.15) is 11.6 Å². The van der Waals surface area contributed by atoms with E-state index in [2.05, 4.69) is 57.4 Å². The SMILES string of the molecule is CC(C)n1c(/C=C/[C@@H](O)C[C@@H](O)CC(=O)O)c(-c2ccc(F)cc2)c2ccccc21.CN1Cc2c(ccc3c2OCO3)[C@@H]2[C@H]1c1cc3c(cc1C[C@@H]2O)OCO3.Cc1c(OCC(F)(F)F)ccnc1CS(=O)c1nc2ccccc2[nH]1. The molecule has 21 heteroatoms. The molecule has 5 aromatic carbocycles. The van der Waals surface area contributed by atoms with E-state index < -0.39 is 54.3 Å². The molecular weight excluding hydrogens is 1070 g/mol. The van der Waals surface area contributed by atoms with Crippen molar-refractivity contribution >= 4 is 44.8 Å². The van der Waals surface area contributed by atoms with Gasteiger partial charge in [-0.05, 0) is 117 Å². The van der Waals surface area contributed by atoms with Crippen LogP contribution < -0.4 is 23.7 Å². The molecule has 0 fully saturated rings. The fourth-order valence-corrected chi connectivity index (χ4v) is 12.1. The number of hydrogen-bond donors (Lipinski definition) is 5. The van der Waals surface area contributed by atoms with E-state index in [1.54, 1.807) is 37.3 Å². The Morgan fingerprint density at radius 2 is 1.64 bits per heavy atom. The number of pyridine rings is 1. The summed E-state index contributed by atoms with van der Waals surface area (Å²) in [6, 6.07) is 31.2. The first-order chi connectivity index (χ1) is 38.8. The fraction of sp³-hybridized carbons (Fsp3) is 0.317. The number of nitrogens with one attached hydrogen (secondary N) is 1. The molecule has 424 valence electrons. The second-order valence-corrected chi connectivity index (χ2v) is 21.8. The molecule has 0 saturated heterocycles. The predicted molar refractivity (Wildman–Crippen MR) is 294 cm³/mol. The van der Waals surface area contributed by atoms with Gasteiger partial charge in [-0.2, -0.15) is 13.2 Å². The summed E-state index contributed by atoms with van der Waals surface area (Å²) in [5.74, 6) is 1.86. The van der Waals surface area contributed by atoms with Crippen LogP contribution in [-0.4, -0.2) is 107 Å². The molecule has 8 aromatic rings. The first-order valence-corrected chi connectivity index (χ1v) is 27.5. The lowest BCUT2D eigenvalue weighted by atomic mass is 9.70. The Kier molecular flexibility index (Phi) is 16.5. The number of hydrogen-bond acceptors (Lipinski definition) is 13. The van der Waals surface area contributed by atoms with Crippen molar-refractivity contribution in [3.63, 3.8) is 0 Å². The molecule has 16 nitrogen and oxygen atoms in total. The van der Waals surface area contributed by atoms with Crippen molar-refractivity contribution < 1.29 is 70.7 Å². The minimum Gasteiger partial charge on any atom is -0.484 e. The third-order valence-electron chi connectivity index (χ3n) is 14.6. The number of aromatic nitrogens is 4.